The number of anilines is 1. The van der Waals surface area contributed by atoms with E-state index in [9.17, 15) is 0 Å². The van der Waals surface area contributed by atoms with Crippen LogP contribution in [0.25, 0.3) is 0 Å². The number of piperidine rings is 1. The normalized spacial score (nSPS) is 20.4. The first kappa shape index (κ1) is 14.3. The molecule has 0 aliphatic carbocycles. The summed E-state index contributed by atoms with van der Waals surface area (Å²) in [6.45, 7) is 8.76. The average Bonchev–Trinajstić information content (AvgIpc) is 2.47. The summed E-state index contributed by atoms with van der Waals surface area (Å²) in [5.41, 5.74) is 1.08. The molecule has 0 aromatic carbocycles. The summed E-state index contributed by atoms with van der Waals surface area (Å²) >= 11 is 0. The quantitative estimate of drug-likeness (QED) is 0.856. The molecule has 0 spiro atoms. The summed E-state index contributed by atoms with van der Waals surface area (Å²) in [7, 11) is 0. The van der Waals surface area contributed by atoms with Crippen LogP contribution in [0.3, 0.4) is 0 Å². The van der Waals surface area contributed by atoms with Crippen LogP contribution in [0.4, 0.5) is 5.82 Å². The minimum atomic E-state index is 0.868. The van der Waals surface area contributed by atoms with Gasteiger partial charge in [-0.3, -0.25) is 9.88 Å². The van der Waals surface area contributed by atoms with Crippen LogP contribution in [-0.2, 0) is 6.54 Å². The molecular weight excluding hydrogens is 236 g/mol. The Labute approximate surface area is 116 Å². The van der Waals surface area contributed by atoms with Crippen molar-refractivity contribution < 1.29 is 0 Å². The molecule has 1 aromatic rings. The van der Waals surface area contributed by atoms with E-state index in [1.807, 2.05) is 12.4 Å². The van der Waals surface area contributed by atoms with Crippen molar-refractivity contribution in [2.45, 2.75) is 46.1 Å². The van der Waals surface area contributed by atoms with Gasteiger partial charge in [0.2, 0.25) is 0 Å². The Bertz CT molecular complexity index is 363. The fraction of sp³-hybridized carbons (Fsp3) is 0.733. The number of hydrogen-bond donors (Lipinski definition) is 1. The van der Waals surface area contributed by atoms with Gasteiger partial charge in [-0.05, 0) is 31.7 Å². The molecule has 1 aromatic heterocycles. The molecule has 0 bridgehead atoms. The second kappa shape index (κ2) is 7.43. The molecule has 1 fully saturated rings. The van der Waals surface area contributed by atoms with E-state index in [4.69, 9.17) is 0 Å². The average molecular weight is 262 g/mol. The molecule has 1 N–H and O–H groups in total. The second-order valence-corrected chi connectivity index (χ2v) is 5.47. The Morgan fingerprint density at radius 1 is 1.32 bits per heavy atom. The van der Waals surface area contributed by atoms with Crippen LogP contribution in [0, 0.1) is 5.92 Å². The molecule has 1 unspecified atom stereocenters. The fourth-order valence-corrected chi connectivity index (χ4v) is 2.64. The SMILES string of the molecule is CCCNc1cnc(CN2CCCC(CC)C2)cn1. The monoisotopic (exact) mass is 262 g/mol. The first-order valence-electron chi connectivity index (χ1n) is 7.59. The standard InChI is InChI=1S/C15H26N4/c1-3-7-16-15-10-17-14(9-18-15)12-19-8-5-6-13(4-2)11-19/h9-10,13H,3-8,11-12H2,1-2H3,(H,16,18). The number of likely N-dealkylation sites (tertiary alicyclic amines) is 1. The summed E-state index contributed by atoms with van der Waals surface area (Å²) in [5.74, 6) is 1.75. The van der Waals surface area contributed by atoms with Gasteiger partial charge in [-0.2, -0.15) is 0 Å². The van der Waals surface area contributed by atoms with Crippen LogP contribution in [0.5, 0.6) is 0 Å². The van der Waals surface area contributed by atoms with Gasteiger partial charge >= 0.3 is 0 Å². The highest BCUT2D eigenvalue weighted by atomic mass is 15.1. The van der Waals surface area contributed by atoms with Crippen LogP contribution in [0.2, 0.25) is 0 Å². The predicted octanol–water partition coefficient (Wildman–Crippen LogP) is 2.92. The van der Waals surface area contributed by atoms with Gasteiger partial charge < -0.3 is 5.32 Å². The van der Waals surface area contributed by atoms with Gasteiger partial charge in [0.05, 0.1) is 18.1 Å². The summed E-state index contributed by atoms with van der Waals surface area (Å²) in [4.78, 5) is 11.4. The van der Waals surface area contributed by atoms with E-state index >= 15 is 0 Å². The van der Waals surface area contributed by atoms with Crippen molar-refractivity contribution in [1.82, 2.24) is 14.9 Å². The third kappa shape index (κ3) is 4.46. The molecule has 1 aliphatic rings. The maximum absolute atomic E-state index is 4.51. The molecule has 2 heterocycles. The number of nitrogens with zero attached hydrogens (tertiary/aromatic N) is 3. The van der Waals surface area contributed by atoms with Gasteiger partial charge in [-0.1, -0.05) is 20.3 Å². The zero-order chi connectivity index (χ0) is 13.5. The van der Waals surface area contributed by atoms with Crippen LogP contribution in [0.1, 0.15) is 45.2 Å². The van der Waals surface area contributed by atoms with Crippen molar-refractivity contribution in [2.24, 2.45) is 5.92 Å². The van der Waals surface area contributed by atoms with Crippen LogP contribution in [-0.4, -0.2) is 34.5 Å². The maximum atomic E-state index is 4.51. The van der Waals surface area contributed by atoms with Crippen molar-refractivity contribution in [3.63, 3.8) is 0 Å². The third-order valence-electron chi connectivity index (χ3n) is 3.83. The molecule has 4 heteroatoms. The highest BCUT2D eigenvalue weighted by molar-refractivity contribution is 5.30. The minimum Gasteiger partial charge on any atom is -0.369 e. The topological polar surface area (TPSA) is 41.1 Å². The van der Waals surface area contributed by atoms with Crippen molar-refractivity contribution >= 4 is 5.82 Å². The largest absolute Gasteiger partial charge is 0.369 e. The summed E-state index contributed by atoms with van der Waals surface area (Å²) in [6.07, 6.45) is 8.87. The van der Waals surface area contributed by atoms with Crippen LogP contribution in [0.15, 0.2) is 12.4 Å². The Hall–Kier alpha value is -1.16. The highest BCUT2D eigenvalue weighted by Crippen LogP contribution is 2.20. The number of rotatable bonds is 6. The minimum absolute atomic E-state index is 0.868. The molecule has 19 heavy (non-hydrogen) atoms. The molecule has 1 aliphatic heterocycles. The number of nitrogens with one attached hydrogen (secondary N) is 1. The maximum Gasteiger partial charge on any atom is 0.144 e. The number of aromatic nitrogens is 2. The van der Waals surface area contributed by atoms with E-state index < -0.39 is 0 Å². The summed E-state index contributed by atoms with van der Waals surface area (Å²) in [5, 5.41) is 3.25. The smallest absolute Gasteiger partial charge is 0.144 e. The molecule has 4 nitrogen and oxygen atoms in total. The molecule has 1 saturated heterocycles. The van der Waals surface area contributed by atoms with Gasteiger partial charge in [0.1, 0.15) is 5.82 Å². The zero-order valence-electron chi connectivity index (χ0n) is 12.2. The fourth-order valence-electron chi connectivity index (χ4n) is 2.64. The van der Waals surface area contributed by atoms with Crippen LogP contribution < -0.4 is 5.32 Å². The molecular formula is C15H26N4. The van der Waals surface area contributed by atoms with Crippen molar-refractivity contribution in [2.75, 3.05) is 25.0 Å². The molecule has 0 amide bonds. The molecule has 0 radical (unpaired) electrons. The Morgan fingerprint density at radius 2 is 2.21 bits per heavy atom. The summed E-state index contributed by atoms with van der Waals surface area (Å²) in [6, 6.07) is 0. The molecule has 2 rings (SSSR count). The van der Waals surface area contributed by atoms with Gasteiger partial charge in [0, 0.05) is 19.6 Å². The lowest BCUT2D eigenvalue weighted by Crippen LogP contribution is -2.34. The van der Waals surface area contributed by atoms with Crippen molar-refractivity contribution in [1.29, 1.82) is 0 Å². The Kier molecular flexibility index (Phi) is 5.58. The van der Waals surface area contributed by atoms with Gasteiger partial charge in [0.15, 0.2) is 0 Å². The van der Waals surface area contributed by atoms with Crippen LogP contribution >= 0.6 is 0 Å². The lowest BCUT2D eigenvalue weighted by atomic mass is 9.95. The first-order valence-corrected chi connectivity index (χ1v) is 7.59. The van der Waals surface area contributed by atoms with Gasteiger partial charge in [0.25, 0.3) is 0 Å². The van der Waals surface area contributed by atoms with E-state index in [1.165, 1.54) is 32.4 Å². The lowest BCUT2D eigenvalue weighted by molar-refractivity contribution is 0.163. The number of hydrogen-bond acceptors (Lipinski definition) is 4. The highest BCUT2D eigenvalue weighted by Gasteiger charge is 2.18. The van der Waals surface area contributed by atoms with Gasteiger partial charge in [-0.15, -0.1) is 0 Å². The molecule has 1 atom stereocenters. The third-order valence-corrected chi connectivity index (χ3v) is 3.83. The summed E-state index contributed by atoms with van der Waals surface area (Å²) < 4.78 is 0. The Morgan fingerprint density at radius 3 is 2.89 bits per heavy atom. The van der Waals surface area contributed by atoms with Gasteiger partial charge in [-0.25, -0.2) is 4.98 Å². The first-order chi connectivity index (χ1) is 9.31. The second-order valence-electron chi connectivity index (χ2n) is 5.47. The van der Waals surface area contributed by atoms with E-state index in [-0.39, 0.29) is 0 Å². The predicted molar refractivity (Wildman–Crippen MR) is 79.1 cm³/mol. The van der Waals surface area contributed by atoms with Crippen molar-refractivity contribution in [3.8, 4) is 0 Å². The van der Waals surface area contributed by atoms with E-state index in [0.717, 1.165) is 36.9 Å². The van der Waals surface area contributed by atoms with E-state index in [2.05, 4.69) is 34.0 Å². The molecule has 0 saturated carbocycles. The Balaban J connectivity index is 1.85. The zero-order valence-corrected chi connectivity index (χ0v) is 12.2. The van der Waals surface area contributed by atoms with E-state index in [0.29, 0.717) is 0 Å². The van der Waals surface area contributed by atoms with Crippen molar-refractivity contribution in [3.05, 3.63) is 18.1 Å². The van der Waals surface area contributed by atoms with E-state index in [1.54, 1.807) is 0 Å². The molecule has 106 valence electrons. The lowest BCUT2D eigenvalue weighted by Gasteiger charge is -2.31.